The Morgan fingerprint density at radius 2 is 2.37 bits per heavy atom. The third kappa shape index (κ3) is 2.51. The Hall–Kier alpha value is -2.14. The van der Waals surface area contributed by atoms with E-state index < -0.39 is 6.04 Å². The normalized spacial score (nSPS) is 15.5. The smallest absolute Gasteiger partial charge is 0.265 e. The van der Waals surface area contributed by atoms with Crippen LogP contribution in [0.25, 0.3) is 0 Å². The number of hydrogen-bond donors (Lipinski definition) is 1. The van der Waals surface area contributed by atoms with Crippen LogP contribution < -0.4 is 15.4 Å². The average Bonchev–Trinajstić information content (AvgIpc) is 2.40. The summed E-state index contributed by atoms with van der Waals surface area (Å²) in [5.41, 5.74) is 6.65. The number of benzene rings is 1. The molecule has 1 amide bonds. The van der Waals surface area contributed by atoms with Gasteiger partial charge in [0.15, 0.2) is 12.4 Å². The van der Waals surface area contributed by atoms with Gasteiger partial charge in [-0.2, -0.15) is 0 Å². The van der Waals surface area contributed by atoms with Gasteiger partial charge in [0.05, 0.1) is 11.7 Å². The summed E-state index contributed by atoms with van der Waals surface area (Å²) < 4.78 is 5.34. The Kier molecular flexibility index (Phi) is 3.66. The molecule has 0 aliphatic carbocycles. The van der Waals surface area contributed by atoms with Gasteiger partial charge in [-0.25, -0.2) is 0 Å². The van der Waals surface area contributed by atoms with Crippen LogP contribution in [-0.2, 0) is 4.79 Å². The summed E-state index contributed by atoms with van der Waals surface area (Å²) in [6, 6.07) is 4.41. The Bertz CT molecular complexity index is 537. The molecule has 0 spiro atoms. The van der Waals surface area contributed by atoms with Crippen molar-refractivity contribution < 1.29 is 14.3 Å². The Balaban J connectivity index is 2.44. The zero-order chi connectivity index (χ0) is 14.0. The molecule has 0 radical (unpaired) electrons. The molecule has 0 aromatic heterocycles. The molecule has 1 aliphatic rings. The number of carbonyl (C=O) groups excluding carboxylic acids is 2. The molecule has 100 valence electrons. The zero-order valence-electron chi connectivity index (χ0n) is 10.8. The van der Waals surface area contributed by atoms with Crippen molar-refractivity contribution in [3.8, 4) is 5.75 Å². The lowest BCUT2D eigenvalue weighted by Gasteiger charge is -2.28. The van der Waals surface area contributed by atoms with Crippen molar-refractivity contribution >= 4 is 17.4 Å². The Labute approximate surface area is 111 Å². The number of anilines is 1. The Morgan fingerprint density at radius 1 is 1.63 bits per heavy atom. The Morgan fingerprint density at radius 3 is 3.00 bits per heavy atom. The number of amides is 1. The first-order valence-electron chi connectivity index (χ1n) is 6.02. The highest BCUT2D eigenvalue weighted by Crippen LogP contribution is 2.33. The van der Waals surface area contributed by atoms with E-state index in [2.05, 4.69) is 6.58 Å². The fourth-order valence-corrected chi connectivity index (χ4v) is 1.95. The average molecular weight is 260 g/mol. The number of ketones is 1. The van der Waals surface area contributed by atoms with E-state index in [-0.39, 0.29) is 18.3 Å². The van der Waals surface area contributed by atoms with Crippen LogP contribution in [0.5, 0.6) is 5.75 Å². The highest BCUT2D eigenvalue weighted by molar-refractivity contribution is 6.03. The van der Waals surface area contributed by atoms with Crippen LogP contribution in [0, 0.1) is 0 Å². The molecule has 0 fully saturated rings. The van der Waals surface area contributed by atoms with E-state index in [1.165, 1.54) is 0 Å². The molecule has 2 N–H and O–H groups in total. The summed E-state index contributed by atoms with van der Waals surface area (Å²) in [6.45, 7) is 5.64. The monoisotopic (exact) mass is 260 g/mol. The standard InChI is InChI=1S/C14H16N2O3/c1-3-6-16-11-7-10(14(18)9(2)15)4-5-12(11)19-8-13(16)17/h3-5,7,9H,1,6,8,15H2,2H3. The summed E-state index contributed by atoms with van der Waals surface area (Å²) in [4.78, 5) is 25.2. The largest absolute Gasteiger partial charge is 0.482 e. The van der Waals surface area contributed by atoms with Crippen molar-refractivity contribution in [1.82, 2.24) is 0 Å². The van der Waals surface area contributed by atoms with Gasteiger partial charge in [0.2, 0.25) is 0 Å². The predicted molar refractivity (Wildman–Crippen MR) is 72.5 cm³/mol. The molecule has 0 bridgehead atoms. The second-order valence-electron chi connectivity index (χ2n) is 4.42. The number of nitrogens with two attached hydrogens (primary N) is 1. The minimum absolute atomic E-state index is 0.00141. The number of nitrogens with zero attached hydrogens (tertiary/aromatic N) is 1. The number of fused-ring (bicyclic) bond motifs is 1. The molecule has 5 nitrogen and oxygen atoms in total. The topological polar surface area (TPSA) is 72.6 Å². The summed E-state index contributed by atoms with van der Waals surface area (Å²) in [7, 11) is 0. The number of carbonyl (C=O) groups is 2. The van der Waals surface area contributed by atoms with Gasteiger partial charge in [0, 0.05) is 12.1 Å². The molecule has 2 rings (SSSR count). The van der Waals surface area contributed by atoms with Gasteiger partial charge < -0.3 is 15.4 Å². The summed E-state index contributed by atoms with van der Waals surface area (Å²) in [5.74, 6) is 0.264. The van der Waals surface area contributed by atoms with Gasteiger partial charge in [-0.15, -0.1) is 6.58 Å². The molecule has 1 atom stereocenters. The van der Waals surface area contributed by atoms with E-state index in [0.717, 1.165) is 0 Å². The summed E-state index contributed by atoms with van der Waals surface area (Å²) in [5, 5.41) is 0. The van der Waals surface area contributed by atoms with E-state index in [9.17, 15) is 9.59 Å². The molecule has 1 unspecified atom stereocenters. The van der Waals surface area contributed by atoms with E-state index >= 15 is 0 Å². The molecule has 1 heterocycles. The van der Waals surface area contributed by atoms with E-state index in [1.54, 1.807) is 36.1 Å². The lowest BCUT2D eigenvalue weighted by Crippen LogP contribution is -2.39. The van der Waals surface area contributed by atoms with E-state index in [1.807, 2.05) is 0 Å². The van der Waals surface area contributed by atoms with Crippen molar-refractivity contribution in [2.45, 2.75) is 13.0 Å². The summed E-state index contributed by atoms with van der Waals surface area (Å²) >= 11 is 0. The van der Waals surface area contributed by atoms with Gasteiger partial charge in [-0.1, -0.05) is 6.08 Å². The van der Waals surface area contributed by atoms with Crippen LogP contribution in [0.4, 0.5) is 5.69 Å². The molecule has 1 aliphatic heterocycles. The van der Waals surface area contributed by atoms with Crippen molar-refractivity contribution in [3.63, 3.8) is 0 Å². The number of rotatable bonds is 4. The lowest BCUT2D eigenvalue weighted by molar-refractivity contribution is -0.121. The van der Waals surface area contributed by atoms with Gasteiger partial charge in [-0.3, -0.25) is 9.59 Å². The maximum absolute atomic E-state index is 11.9. The minimum Gasteiger partial charge on any atom is -0.482 e. The molecule has 1 aromatic rings. The third-order valence-corrected chi connectivity index (χ3v) is 2.91. The van der Waals surface area contributed by atoms with Crippen LogP contribution in [0.1, 0.15) is 17.3 Å². The van der Waals surface area contributed by atoms with Crippen LogP contribution in [0.15, 0.2) is 30.9 Å². The molecule has 19 heavy (non-hydrogen) atoms. The first-order chi connectivity index (χ1) is 9.04. The van der Waals surface area contributed by atoms with Crippen molar-refractivity contribution in [3.05, 3.63) is 36.4 Å². The fourth-order valence-electron chi connectivity index (χ4n) is 1.95. The fraction of sp³-hybridized carbons (Fsp3) is 0.286. The molecular weight excluding hydrogens is 244 g/mol. The second kappa shape index (κ2) is 5.24. The highest BCUT2D eigenvalue weighted by atomic mass is 16.5. The summed E-state index contributed by atoms with van der Waals surface area (Å²) in [6.07, 6.45) is 1.63. The highest BCUT2D eigenvalue weighted by Gasteiger charge is 2.25. The minimum atomic E-state index is -0.578. The number of ether oxygens (including phenoxy) is 1. The first kappa shape index (κ1) is 13.3. The van der Waals surface area contributed by atoms with Crippen molar-refractivity contribution in [1.29, 1.82) is 0 Å². The molecule has 0 saturated heterocycles. The SMILES string of the molecule is C=CCN1C(=O)COc2ccc(C(=O)C(C)N)cc21. The maximum atomic E-state index is 11.9. The maximum Gasteiger partial charge on any atom is 0.265 e. The van der Waals surface area contributed by atoms with Crippen LogP contribution >= 0.6 is 0 Å². The molecular formula is C14H16N2O3. The lowest BCUT2D eigenvalue weighted by atomic mass is 10.0. The molecule has 5 heteroatoms. The quantitative estimate of drug-likeness (QED) is 0.650. The van der Waals surface area contributed by atoms with Gasteiger partial charge in [-0.05, 0) is 25.1 Å². The van der Waals surface area contributed by atoms with E-state index in [0.29, 0.717) is 23.5 Å². The van der Waals surface area contributed by atoms with Gasteiger partial charge >= 0.3 is 0 Å². The van der Waals surface area contributed by atoms with E-state index in [4.69, 9.17) is 10.5 Å². The third-order valence-electron chi connectivity index (χ3n) is 2.91. The molecule has 0 saturated carbocycles. The van der Waals surface area contributed by atoms with Crippen molar-refractivity contribution in [2.75, 3.05) is 18.1 Å². The number of Topliss-reactive ketones (excluding diaryl/α,β-unsaturated/α-hetero) is 1. The first-order valence-corrected chi connectivity index (χ1v) is 6.02. The zero-order valence-corrected chi connectivity index (χ0v) is 10.8. The second-order valence-corrected chi connectivity index (χ2v) is 4.42. The van der Waals surface area contributed by atoms with Crippen LogP contribution in [0.3, 0.4) is 0 Å². The van der Waals surface area contributed by atoms with Gasteiger partial charge in [0.1, 0.15) is 5.75 Å². The van der Waals surface area contributed by atoms with Crippen molar-refractivity contribution in [2.24, 2.45) is 5.73 Å². The van der Waals surface area contributed by atoms with Crippen LogP contribution in [-0.4, -0.2) is 30.9 Å². The number of hydrogen-bond acceptors (Lipinski definition) is 4. The predicted octanol–water partition coefficient (Wildman–Crippen LogP) is 1.13. The van der Waals surface area contributed by atoms with Gasteiger partial charge in [0.25, 0.3) is 5.91 Å². The molecule has 1 aromatic carbocycles. The van der Waals surface area contributed by atoms with Crippen LogP contribution in [0.2, 0.25) is 0 Å².